The molecule has 0 aromatic heterocycles. The molecule has 112 valence electrons. The number of halogens is 1. The maximum Gasteiger partial charge on any atom is 0.0471 e. The van der Waals surface area contributed by atoms with Crippen LogP contribution in [-0.4, -0.2) is 19.6 Å². The van der Waals surface area contributed by atoms with E-state index in [0.717, 1.165) is 43.5 Å². The number of rotatable bonds is 5. The molecule has 1 atom stereocenters. The molecule has 2 rings (SSSR count). The number of benzene rings is 1. The Morgan fingerprint density at radius 2 is 2.15 bits per heavy atom. The molecule has 0 aliphatic carbocycles. The molecule has 3 heteroatoms. The molecule has 0 amide bonds. The molecule has 1 N–H and O–H groups in total. The van der Waals surface area contributed by atoms with Crippen LogP contribution in [0.4, 0.5) is 5.69 Å². The summed E-state index contributed by atoms with van der Waals surface area (Å²) in [5, 5.41) is 4.38. The first-order valence-electron chi connectivity index (χ1n) is 7.95. The molecule has 1 fully saturated rings. The summed E-state index contributed by atoms with van der Waals surface area (Å²) in [6.07, 6.45) is 5.07. The summed E-state index contributed by atoms with van der Waals surface area (Å²) >= 11 is 6.43. The van der Waals surface area contributed by atoms with Crippen molar-refractivity contribution in [2.24, 2.45) is 5.92 Å². The first kappa shape index (κ1) is 15.7. The van der Waals surface area contributed by atoms with Gasteiger partial charge in [0.2, 0.25) is 0 Å². The second kappa shape index (κ2) is 7.90. The van der Waals surface area contributed by atoms with Crippen molar-refractivity contribution in [1.29, 1.82) is 0 Å². The number of nitrogens with one attached hydrogen (secondary N) is 1. The van der Waals surface area contributed by atoms with Gasteiger partial charge in [0.25, 0.3) is 0 Å². The topological polar surface area (TPSA) is 15.3 Å². The average molecular weight is 295 g/mol. The van der Waals surface area contributed by atoms with E-state index < -0.39 is 0 Å². The summed E-state index contributed by atoms with van der Waals surface area (Å²) < 4.78 is 0. The summed E-state index contributed by atoms with van der Waals surface area (Å²) in [5.41, 5.74) is 2.59. The van der Waals surface area contributed by atoms with Crippen molar-refractivity contribution in [2.45, 2.75) is 46.1 Å². The van der Waals surface area contributed by atoms with Gasteiger partial charge >= 0.3 is 0 Å². The summed E-state index contributed by atoms with van der Waals surface area (Å²) in [6, 6.07) is 6.31. The van der Waals surface area contributed by atoms with E-state index in [1.807, 2.05) is 6.07 Å². The Bertz CT molecular complexity index is 419. The molecule has 0 radical (unpaired) electrons. The highest BCUT2D eigenvalue weighted by Crippen LogP contribution is 2.30. The third-order valence-electron chi connectivity index (χ3n) is 4.18. The summed E-state index contributed by atoms with van der Waals surface area (Å²) in [4.78, 5) is 2.53. The van der Waals surface area contributed by atoms with Gasteiger partial charge in [-0.15, -0.1) is 0 Å². The molecule has 2 nitrogen and oxygen atoms in total. The molecule has 1 aliphatic rings. The fourth-order valence-corrected chi connectivity index (χ4v) is 3.15. The van der Waals surface area contributed by atoms with Crippen LogP contribution < -0.4 is 10.2 Å². The monoisotopic (exact) mass is 294 g/mol. The van der Waals surface area contributed by atoms with Crippen LogP contribution in [0.25, 0.3) is 0 Å². The second-order valence-electron chi connectivity index (χ2n) is 5.94. The molecule has 1 aromatic carbocycles. The van der Waals surface area contributed by atoms with Gasteiger partial charge in [-0.25, -0.2) is 0 Å². The second-order valence-corrected chi connectivity index (χ2v) is 6.34. The van der Waals surface area contributed by atoms with Gasteiger partial charge < -0.3 is 10.2 Å². The first-order chi connectivity index (χ1) is 9.72. The minimum atomic E-state index is 0.848. The lowest BCUT2D eigenvalue weighted by molar-refractivity contribution is 0.521. The van der Waals surface area contributed by atoms with Crippen molar-refractivity contribution in [3.8, 4) is 0 Å². The van der Waals surface area contributed by atoms with E-state index in [1.54, 1.807) is 0 Å². The van der Waals surface area contributed by atoms with E-state index in [9.17, 15) is 0 Å². The number of hydrogen-bond acceptors (Lipinski definition) is 2. The molecule has 1 unspecified atom stereocenters. The van der Waals surface area contributed by atoms with Gasteiger partial charge in [0, 0.05) is 35.9 Å². The molecule has 1 aromatic rings. The van der Waals surface area contributed by atoms with Crippen molar-refractivity contribution in [3.63, 3.8) is 0 Å². The summed E-state index contributed by atoms with van der Waals surface area (Å²) in [6.45, 7) is 8.78. The lowest BCUT2D eigenvalue weighted by Gasteiger charge is -2.26. The molecule has 0 spiro atoms. The van der Waals surface area contributed by atoms with Gasteiger partial charge in [-0.1, -0.05) is 31.5 Å². The van der Waals surface area contributed by atoms with Crippen molar-refractivity contribution < 1.29 is 0 Å². The molecule has 1 heterocycles. The average Bonchev–Trinajstić information content (AvgIpc) is 2.65. The van der Waals surface area contributed by atoms with E-state index in [1.165, 1.54) is 30.5 Å². The maximum absolute atomic E-state index is 6.43. The molecule has 1 saturated heterocycles. The minimum Gasteiger partial charge on any atom is -0.371 e. The van der Waals surface area contributed by atoms with Crippen LogP contribution in [0, 0.1) is 5.92 Å². The van der Waals surface area contributed by atoms with Crippen LogP contribution in [0.15, 0.2) is 18.2 Å². The van der Waals surface area contributed by atoms with Gasteiger partial charge in [0.15, 0.2) is 0 Å². The van der Waals surface area contributed by atoms with Gasteiger partial charge in [-0.2, -0.15) is 0 Å². The molecular formula is C17H27ClN2. The van der Waals surface area contributed by atoms with Crippen LogP contribution >= 0.6 is 11.6 Å². The van der Waals surface area contributed by atoms with Crippen LogP contribution in [0.3, 0.4) is 0 Å². The standard InChI is InChI=1S/C17H27ClN2/c1-3-10-19-13-15-16(18)7-4-8-17(15)20-11-5-6-14(2)9-12-20/h4,7-8,14,19H,3,5-6,9-13H2,1-2H3. The number of nitrogens with zero attached hydrogens (tertiary/aromatic N) is 1. The zero-order valence-corrected chi connectivity index (χ0v) is 13.5. The zero-order valence-electron chi connectivity index (χ0n) is 12.8. The van der Waals surface area contributed by atoms with Crippen molar-refractivity contribution >= 4 is 17.3 Å². The normalized spacial score (nSPS) is 19.9. The Kier molecular flexibility index (Phi) is 6.18. The van der Waals surface area contributed by atoms with E-state index in [0.29, 0.717) is 0 Å². The lowest BCUT2D eigenvalue weighted by Crippen LogP contribution is -2.26. The number of anilines is 1. The van der Waals surface area contributed by atoms with E-state index in [-0.39, 0.29) is 0 Å². The fourth-order valence-electron chi connectivity index (χ4n) is 2.91. The van der Waals surface area contributed by atoms with Crippen molar-refractivity contribution in [2.75, 3.05) is 24.5 Å². The van der Waals surface area contributed by atoms with Crippen molar-refractivity contribution in [1.82, 2.24) is 5.32 Å². The Labute approximate surface area is 128 Å². The zero-order chi connectivity index (χ0) is 14.4. The van der Waals surface area contributed by atoms with E-state index in [2.05, 4.69) is 36.2 Å². The van der Waals surface area contributed by atoms with E-state index >= 15 is 0 Å². The largest absolute Gasteiger partial charge is 0.371 e. The van der Waals surface area contributed by atoms with Gasteiger partial charge in [-0.3, -0.25) is 0 Å². The third kappa shape index (κ3) is 4.13. The Balaban J connectivity index is 2.14. The Hall–Kier alpha value is -0.730. The highest BCUT2D eigenvalue weighted by Gasteiger charge is 2.17. The maximum atomic E-state index is 6.43. The van der Waals surface area contributed by atoms with Gasteiger partial charge in [-0.05, 0) is 50.3 Å². The van der Waals surface area contributed by atoms with Gasteiger partial charge in [0.1, 0.15) is 0 Å². The summed E-state index contributed by atoms with van der Waals surface area (Å²) in [5.74, 6) is 0.848. The predicted octanol–water partition coefficient (Wildman–Crippen LogP) is 4.47. The van der Waals surface area contributed by atoms with Crippen LogP contribution in [0.1, 0.15) is 45.1 Å². The van der Waals surface area contributed by atoms with E-state index in [4.69, 9.17) is 11.6 Å². The van der Waals surface area contributed by atoms with Crippen LogP contribution in [-0.2, 0) is 6.54 Å². The minimum absolute atomic E-state index is 0.848. The molecule has 20 heavy (non-hydrogen) atoms. The molecule has 0 bridgehead atoms. The smallest absolute Gasteiger partial charge is 0.0471 e. The molecule has 1 aliphatic heterocycles. The number of hydrogen-bond donors (Lipinski definition) is 1. The highest BCUT2D eigenvalue weighted by atomic mass is 35.5. The third-order valence-corrected chi connectivity index (χ3v) is 4.53. The lowest BCUT2D eigenvalue weighted by atomic mass is 10.0. The molecule has 0 saturated carbocycles. The summed E-state index contributed by atoms with van der Waals surface area (Å²) in [7, 11) is 0. The molecular weight excluding hydrogens is 268 g/mol. The first-order valence-corrected chi connectivity index (χ1v) is 8.33. The quantitative estimate of drug-likeness (QED) is 0.806. The van der Waals surface area contributed by atoms with Crippen molar-refractivity contribution in [3.05, 3.63) is 28.8 Å². The SMILES string of the molecule is CCCNCc1c(Cl)cccc1N1CCCC(C)CC1. The Morgan fingerprint density at radius 3 is 2.95 bits per heavy atom. The highest BCUT2D eigenvalue weighted by molar-refractivity contribution is 6.31. The Morgan fingerprint density at radius 1 is 1.30 bits per heavy atom. The van der Waals surface area contributed by atoms with Crippen LogP contribution in [0.5, 0.6) is 0 Å². The predicted molar refractivity (Wildman–Crippen MR) is 88.7 cm³/mol. The fraction of sp³-hybridized carbons (Fsp3) is 0.647. The van der Waals surface area contributed by atoms with Crippen LogP contribution in [0.2, 0.25) is 5.02 Å². The van der Waals surface area contributed by atoms with Gasteiger partial charge in [0.05, 0.1) is 0 Å².